The molecule has 0 aliphatic carbocycles. The molecule has 0 bridgehead atoms. The predicted molar refractivity (Wildman–Crippen MR) is 164 cm³/mol. The fourth-order valence-electron chi connectivity index (χ4n) is 6.90. The third kappa shape index (κ3) is 8.25. The lowest BCUT2D eigenvalue weighted by molar-refractivity contribution is -0.288. The van der Waals surface area contributed by atoms with Gasteiger partial charge >= 0.3 is 11.9 Å². The number of hydroxylamine groups is 2. The van der Waals surface area contributed by atoms with Crippen LogP contribution >= 0.6 is 0 Å². The molecule has 1 aromatic rings. The Morgan fingerprint density at radius 1 is 0.902 bits per heavy atom. The van der Waals surface area contributed by atoms with Crippen LogP contribution in [0.2, 0.25) is 0 Å². The van der Waals surface area contributed by atoms with E-state index in [9.17, 15) is 24.9 Å². The van der Waals surface area contributed by atoms with Crippen LogP contribution < -0.4 is 0 Å². The Labute approximate surface area is 248 Å². The second-order valence-electron chi connectivity index (χ2n) is 15.7. The van der Waals surface area contributed by atoms with E-state index in [-0.39, 0.29) is 29.7 Å². The monoisotopic (exact) mass is 575 g/mol. The van der Waals surface area contributed by atoms with Gasteiger partial charge in [0.15, 0.2) is 5.41 Å². The lowest BCUT2D eigenvalue weighted by Crippen LogP contribution is -2.60. The second-order valence-corrected chi connectivity index (χ2v) is 15.7. The Hall–Kier alpha value is -2.12. The van der Waals surface area contributed by atoms with Crippen molar-refractivity contribution in [3.8, 4) is 5.75 Å². The summed E-state index contributed by atoms with van der Waals surface area (Å²) in [6.07, 6.45) is 5.04. The first kappa shape index (κ1) is 35.1. The van der Waals surface area contributed by atoms with Crippen LogP contribution in [0, 0.1) is 11.3 Å². The molecule has 2 rings (SSSR count). The van der Waals surface area contributed by atoms with Crippen molar-refractivity contribution in [1.82, 2.24) is 5.06 Å². The van der Waals surface area contributed by atoms with E-state index in [0.717, 1.165) is 32.1 Å². The van der Waals surface area contributed by atoms with Crippen molar-refractivity contribution in [2.75, 3.05) is 6.61 Å². The van der Waals surface area contributed by atoms with Gasteiger partial charge in [0.05, 0.1) is 6.61 Å². The normalized spacial score (nSPS) is 18.4. The molecule has 0 atom stereocenters. The van der Waals surface area contributed by atoms with Gasteiger partial charge in [-0.25, -0.2) is 0 Å². The number of aliphatic carboxylic acids is 2. The number of aromatic hydroxyl groups is 1. The average Bonchev–Trinajstić information content (AvgIpc) is 2.78. The minimum Gasteiger partial charge on any atom is -0.507 e. The molecular formula is C34H57NO6. The van der Waals surface area contributed by atoms with Gasteiger partial charge in [-0.05, 0) is 93.2 Å². The van der Waals surface area contributed by atoms with Crippen molar-refractivity contribution in [3.63, 3.8) is 0 Å². The number of carbonyl (C=O) groups is 2. The second kappa shape index (κ2) is 12.6. The third-order valence-electron chi connectivity index (χ3n) is 8.68. The highest BCUT2D eigenvalue weighted by atomic mass is 16.7. The molecule has 1 aliphatic heterocycles. The molecule has 0 unspecified atom stereocenters. The zero-order chi connectivity index (χ0) is 31.6. The minimum atomic E-state index is -1.93. The van der Waals surface area contributed by atoms with E-state index in [4.69, 9.17) is 4.84 Å². The SMILES string of the molecule is CCCON1C(C)(C)CC(CCCCC(Cc2cc(C(C)(C)C)c(O)c(C(C)(C)C)c2)(C(=O)O)C(=O)O)CC1(C)C. The number of carboxylic acids is 2. The molecule has 41 heavy (non-hydrogen) atoms. The lowest BCUT2D eigenvalue weighted by Gasteiger charge is -2.54. The highest BCUT2D eigenvalue weighted by molar-refractivity contribution is 5.98. The molecule has 0 amide bonds. The largest absolute Gasteiger partial charge is 0.507 e. The molecule has 1 saturated heterocycles. The standard InChI is InChI=1S/C34H57NO6/c1-12-17-41-35-32(8,9)20-23(21-33(35,10)11)15-13-14-16-34(28(37)38,29(39)40)22-24-18-25(30(2,3)4)27(36)26(19-24)31(5,6)7/h18-19,23,36H,12-17,20-22H2,1-11H3,(H,37,38)(H,39,40). The zero-order valence-electron chi connectivity index (χ0n) is 27.6. The van der Waals surface area contributed by atoms with Gasteiger partial charge in [-0.1, -0.05) is 79.9 Å². The van der Waals surface area contributed by atoms with Gasteiger partial charge in [0.25, 0.3) is 0 Å². The number of nitrogens with zero attached hydrogens (tertiary/aromatic N) is 1. The maximum absolute atomic E-state index is 12.6. The molecule has 7 nitrogen and oxygen atoms in total. The van der Waals surface area contributed by atoms with Crippen molar-refractivity contribution in [3.05, 3.63) is 28.8 Å². The van der Waals surface area contributed by atoms with Crippen molar-refractivity contribution in [2.24, 2.45) is 11.3 Å². The first-order valence-electron chi connectivity index (χ1n) is 15.4. The molecule has 1 aromatic carbocycles. The summed E-state index contributed by atoms with van der Waals surface area (Å²) in [5, 5.41) is 33.9. The van der Waals surface area contributed by atoms with Crippen LogP contribution in [0.25, 0.3) is 0 Å². The molecule has 0 aromatic heterocycles. The van der Waals surface area contributed by atoms with Crippen molar-refractivity contribution < 1.29 is 29.7 Å². The van der Waals surface area contributed by atoms with E-state index in [2.05, 4.69) is 39.7 Å². The number of unbranched alkanes of at least 4 members (excludes halogenated alkanes) is 1. The van der Waals surface area contributed by atoms with Gasteiger partial charge in [0.1, 0.15) is 5.75 Å². The van der Waals surface area contributed by atoms with Crippen molar-refractivity contribution in [2.45, 2.75) is 149 Å². The first-order chi connectivity index (χ1) is 18.6. The highest BCUT2D eigenvalue weighted by Crippen LogP contribution is 2.44. The lowest BCUT2D eigenvalue weighted by atomic mass is 9.72. The maximum atomic E-state index is 12.6. The first-order valence-corrected chi connectivity index (χ1v) is 15.4. The molecule has 1 fully saturated rings. The Bertz CT molecular complexity index is 1010. The van der Waals surface area contributed by atoms with Gasteiger partial charge in [-0.2, -0.15) is 5.06 Å². The van der Waals surface area contributed by atoms with Crippen LogP contribution in [0.3, 0.4) is 0 Å². The summed E-state index contributed by atoms with van der Waals surface area (Å²) in [4.78, 5) is 31.4. The van der Waals surface area contributed by atoms with Gasteiger partial charge in [0, 0.05) is 11.1 Å². The van der Waals surface area contributed by atoms with E-state index in [1.54, 1.807) is 12.1 Å². The number of piperidine rings is 1. The molecule has 234 valence electrons. The molecule has 0 spiro atoms. The maximum Gasteiger partial charge on any atom is 0.321 e. The van der Waals surface area contributed by atoms with Gasteiger partial charge in [0.2, 0.25) is 0 Å². The molecule has 1 aliphatic rings. The quantitative estimate of drug-likeness (QED) is 0.172. The minimum absolute atomic E-state index is 0.0550. The van der Waals surface area contributed by atoms with E-state index in [0.29, 0.717) is 35.6 Å². The highest BCUT2D eigenvalue weighted by Gasteiger charge is 2.48. The number of hydrogen-bond donors (Lipinski definition) is 3. The smallest absolute Gasteiger partial charge is 0.321 e. The summed E-state index contributed by atoms with van der Waals surface area (Å²) >= 11 is 0. The number of benzene rings is 1. The molecule has 0 radical (unpaired) electrons. The van der Waals surface area contributed by atoms with Crippen LogP contribution in [0.1, 0.15) is 138 Å². The van der Waals surface area contributed by atoms with E-state index >= 15 is 0 Å². The molecule has 3 N–H and O–H groups in total. The number of rotatable bonds is 12. The Morgan fingerprint density at radius 3 is 1.76 bits per heavy atom. The van der Waals surface area contributed by atoms with Crippen LogP contribution in [0.4, 0.5) is 0 Å². The third-order valence-corrected chi connectivity index (χ3v) is 8.68. The number of hydrogen-bond acceptors (Lipinski definition) is 5. The van der Waals surface area contributed by atoms with Crippen molar-refractivity contribution >= 4 is 11.9 Å². The Morgan fingerprint density at radius 2 is 1.37 bits per heavy atom. The summed E-state index contributed by atoms with van der Waals surface area (Å²) in [5.41, 5.74) is -0.943. The van der Waals surface area contributed by atoms with E-state index in [1.165, 1.54) is 0 Å². The fourth-order valence-corrected chi connectivity index (χ4v) is 6.90. The summed E-state index contributed by atoms with van der Waals surface area (Å²) in [6.45, 7) is 23.6. The predicted octanol–water partition coefficient (Wildman–Crippen LogP) is 7.86. The molecule has 0 saturated carbocycles. The Balaban J connectivity index is 2.26. The van der Waals surface area contributed by atoms with E-state index < -0.39 is 28.2 Å². The molecule has 7 heteroatoms. The summed E-state index contributed by atoms with van der Waals surface area (Å²) < 4.78 is 0. The van der Waals surface area contributed by atoms with Crippen LogP contribution in [-0.4, -0.2) is 50.0 Å². The Kier molecular flexibility index (Phi) is 10.8. The van der Waals surface area contributed by atoms with Gasteiger partial charge in [-0.15, -0.1) is 0 Å². The number of carboxylic acid groups (broad SMARTS) is 2. The van der Waals surface area contributed by atoms with Crippen LogP contribution in [-0.2, 0) is 31.7 Å². The topological polar surface area (TPSA) is 107 Å². The van der Waals surface area contributed by atoms with E-state index in [1.807, 2.05) is 41.5 Å². The summed E-state index contributed by atoms with van der Waals surface area (Å²) in [7, 11) is 0. The van der Waals surface area contributed by atoms with Crippen LogP contribution in [0.15, 0.2) is 12.1 Å². The molecular weight excluding hydrogens is 518 g/mol. The fraction of sp³-hybridized carbons (Fsp3) is 0.765. The summed E-state index contributed by atoms with van der Waals surface area (Å²) in [5.74, 6) is -1.97. The number of phenolic OH excluding ortho intramolecular Hbond substituents is 1. The van der Waals surface area contributed by atoms with Crippen molar-refractivity contribution in [1.29, 1.82) is 0 Å². The average molecular weight is 576 g/mol. The zero-order valence-corrected chi connectivity index (χ0v) is 27.6. The summed E-state index contributed by atoms with van der Waals surface area (Å²) in [6, 6.07) is 3.59. The van der Waals surface area contributed by atoms with Gasteiger partial charge in [-0.3, -0.25) is 14.4 Å². The molecule has 1 heterocycles. The van der Waals surface area contributed by atoms with Crippen LogP contribution in [0.5, 0.6) is 5.75 Å². The van der Waals surface area contributed by atoms with Gasteiger partial charge < -0.3 is 15.3 Å². The number of phenols is 1.